The van der Waals surface area contributed by atoms with Crippen molar-refractivity contribution in [3.63, 3.8) is 0 Å². The average molecular weight is 386 g/mol. The second-order valence-corrected chi connectivity index (χ2v) is 6.84. The van der Waals surface area contributed by atoms with Gasteiger partial charge in [-0.1, -0.05) is 12.1 Å². The maximum absolute atomic E-state index is 11.6. The third-order valence-corrected chi connectivity index (χ3v) is 4.98. The second kappa shape index (κ2) is 8.55. The first kappa shape index (κ1) is 19.4. The highest BCUT2D eigenvalue weighted by Gasteiger charge is 2.18. The Morgan fingerprint density at radius 2 is 2.00 bits per heavy atom. The lowest BCUT2D eigenvalue weighted by Crippen LogP contribution is -2.33. The fourth-order valence-electron chi connectivity index (χ4n) is 3.55. The molecule has 3 aromatic rings. The highest BCUT2D eigenvalue weighted by molar-refractivity contribution is 5.85. The second-order valence-electron chi connectivity index (χ2n) is 6.84. The van der Waals surface area contributed by atoms with Crippen LogP contribution in [0.2, 0.25) is 0 Å². The number of amides is 1. The van der Waals surface area contributed by atoms with Gasteiger partial charge in [0.1, 0.15) is 11.3 Å². The van der Waals surface area contributed by atoms with Crippen LogP contribution in [0.1, 0.15) is 19.1 Å². The van der Waals surface area contributed by atoms with Gasteiger partial charge in [-0.3, -0.25) is 14.7 Å². The van der Waals surface area contributed by atoms with Crippen molar-refractivity contribution >= 4 is 29.3 Å². The highest BCUT2D eigenvalue weighted by Crippen LogP contribution is 2.27. The highest BCUT2D eigenvalue weighted by atomic mass is 35.5. The van der Waals surface area contributed by atoms with Gasteiger partial charge in [-0.15, -0.1) is 12.4 Å². The van der Waals surface area contributed by atoms with Gasteiger partial charge < -0.3 is 9.32 Å². The first-order chi connectivity index (χ1) is 12.7. The van der Waals surface area contributed by atoms with E-state index in [1.54, 1.807) is 13.1 Å². The van der Waals surface area contributed by atoms with Crippen LogP contribution in [0.25, 0.3) is 22.1 Å². The number of carbonyl (C=O) groups excluding carboxylic acids is 1. The first-order valence-corrected chi connectivity index (χ1v) is 9.10. The minimum atomic E-state index is 0. The van der Waals surface area contributed by atoms with Crippen LogP contribution < -0.4 is 0 Å². The molecule has 142 valence electrons. The molecule has 1 amide bonds. The van der Waals surface area contributed by atoms with Crippen molar-refractivity contribution in [1.82, 2.24) is 14.8 Å². The van der Waals surface area contributed by atoms with E-state index < -0.39 is 0 Å². The molecular weight excluding hydrogens is 362 g/mol. The Bertz CT molecular complexity index is 910. The number of aromatic nitrogens is 1. The van der Waals surface area contributed by atoms with Crippen molar-refractivity contribution in [3.8, 4) is 11.1 Å². The number of furan rings is 1. The number of carbonyl (C=O) groups is 1. The van der Waals surface area contributed by atoms with Gasteiger partial charge in [-0.05, 0) is 36.2 Å². The van der Waals surface area contributed by atoms with Crippen LogP contribution in [-0.4, -0.2) is 46.9 Å². The Hall–Kier alpha value is -2.37. The Morgan fingerprint density at radius 3 is 2.78 bits per heavy atom. The molecule has 4 rings (SSSR count). The van der Waals surface area contributed by atoms with Crippen molar-refractivity contribution in [3.05, 3.63) is 54.6 Å². The zero-order valence-corrected chi connectivity index (χ0v) is 16.2. The number of halogens is 1. The quantitative estimate of drug-likeness (QED) is 0.684. The van der Waals surface area contributed by atoms with Crippen molar-refractivity contribution < 1.29 is 9.21 Å². The molecule has 0 N–H and O–H groups in total. The molecule has 1 saturated heterocycles. The Kier molecular flexibility index (Phi) is 6.14. The smallest absolute Gasteiger partial charge is 0.219 e. The van der Waals surface area contributed by atoms with E-state index in [1.165, 1.54) is 0 Å². The maximum Gasteiger partial charge on any atom is 0.219 e. The molecule has 5 nitrogen and oxygen atoms in total. The summed E-state index contributed by atoms with van der Waals surface area (Å²) in [4.78, 5) is 20.1. The zero-order valence-electron chi connectivity index (χ0n) is 15.4. The predicted molar refractivity (Wildman–Crippen MR) is 109 cm³/mol. The number of rotatable bonds is 3. The van der Waals surface area contributed by atoms with Gasteiger partial charge in [0.05, 0.1) is 6.54 Å². The molecule has 2 aromatic heterocycles. The van der Waals surface area contributed by atoms with Gasteiger partial charge in [-0.2, -0.15) is 0 Å². The molecule has 6 heteroatoms. The topological polar surface area (TPSA) is 49.6 Å². The van der Waals surface area contributed by atoms with Crippen LogP contribution in [-0.2, 0) is 11.3 Å². The van der Waals surface area contributed by atoms with Gasteiger partial charge in [-0.25, -0.2) is 0 Å². The minimum Gasteiger partial charge on any atom is -0.460 e. The molecular formula is C21H24ClN3O2. The van der Waals surface area contributed by atoms with Crippen molar-refractivity contribution in [2.24, 2.45) is 0 Å². The number of fused-ring (bicyclic) bond motifs is 1. The van der Waals surface area contributed by atoms with E-state index in [2.05, 4.69) is 34.1 Å². The molecule has 27 heavy (non-hydrogen) atoms. The molecule has 0 aliphatic carbocycles. The number of nitrogens with zero attached hydrogens (tertiary/aromatic N) is 3. The molecule has 1 fully saturated rings. The van der Waals surface area contributed by atoms with E-state index in [9.17, 15) is 4.79 Å². The lowest BCUT2D eigenvalue weighted by atomic mass is 10.1. The zero-order chi connectivity index (χ0) is 17.9. The lowest BCUT2D eigenvalue weighted by molar-refractivity contribution is -0.128. The van der Waals surface area contributed by atoms with Crippen molar-refractivity contribution in [2.75, 3.05) is 26.2 Å². The molecule has 3 heterocycles. The molecule has 0 radical (unpaired) electrons. The van der Waals surface area contributed by atoms with E-state index >= 15 is 0 Å². The third-order valence-electron chi connectivity index (χ3n) is 4.98. The molecule has 0 atom stereocenters. The minimum absolute atomic E-state index is 0. The number of hydrogen-bond donors (Lipinski definition) is 0. The number of hydrogen-bond acceptors (Lipinski definition) is 4. The monoisotopic (exact) mass is 385 g/mol. The Labute approximate surface area is 165 Å². The molecule has 0 unspecified atom stereocenters. The van der Waals surface area contributed by atoms with Crippen molar-refractivity contribution in [1.29, 1.82) is 0 Å². The SMILES string of the molecule is CC(=O)N1CCCN(Cc2cc3cc(-c4cccnc4)ccc3o2)CC1.Cl. The van der Waals surface area contributed by atoms with E-state index in [4.69, 9.17) is 4.42 Å². The standard InChI is InChI=1S/C21H23N3O2.ClH/c1-16(25)24-9-3-8-23(10-11-24)15-20-13-19-12-17(5-6-21(19)26-20)18-4-2-7-22-14-18;/h2,4-7,12-14H,3,8-11,15H2,1H3;1H. The first-order valence-electron chi connectivity index (χ1n) is 9.10. The maximum atomic E-state index is 11.6. The third kappa shape index (κ3) is 4.49. The van der Waals surface area contributed by atoms with Crippen molar-refractivity contribution in [2.45, 2.75) is 19.9 Å². The Balaban J connectivity index is 0.00000210. The summed E-state index contributed by atoms with van der Waals surface area (Å²) in [5.41, 5.74) is 3.16. The molecule has 1 aromatic carbocycles. The molecule has 0 saturated carbocycles. The molecule has 0 bridgehead atoms. The van der Waals surface area contributed by atoms with Gasteiger partial charge >= 0.3 is 0 Å². The normalized spacial score (nSPS) is 15.4. The fraction of sp³-hybridized carbons (Fsp3) is 0.333. The van der Waals surface area contributed by atoms with Crippen LogP contribution in [0.4, 0.5) is 0 Å². The summed E-state index contributed by atoms with van der Waals surface area (Å²) in [6.07, 6.45) is 4.66. The average Bonchev–Trinajstić information content (AvgIpc) is 2.90. The van der Waals surface area contributed by atoms with Gasteiger partial charge in [0.25, 0.3) is 0 Å². The summed E-state index contributed by atoms with van der Waals surface area (Å²) >= 11 is 0. The fourth-order valence-corrected chi connectivity index (χ4v) is 3.55. The summed E-state index contributed by atoms with van der Waals surface area (Å²) in [7, 11) is 0. The molecule has 1 aliphatic heterocycles. The van der Waals surface area contributed by atoms with Crippen LogP contribution in [0.5, 0.6) is 0 Å². The van der Waals surface area contributed by atoms with Crippen LogP contribution >= 0.6 is 12.4 Å². The van der Waals surface area contributed by atoms with Gasteiger partial charge in [0, 0.05) is 56.4 Å². The lowest BCUT2D eigenvalue weighted by Gasteiger charge is -2.20. The summed E-state index contributed by atoms with van der Waals surface area (Å²) in [6, 6.07) is 12.4. The van der Waals surface area contributed by atoms with Crippen LogP contribution in [0.15, 0.2) is 53.2 Å². The van der Waals surface area contributed by atoms with Crippen LogP contribution in [0, 0.1) is 0 Å². The van der Waals surface area contributed by atoms with E-state index in [0.717, 1.165) is 67.0 Å². The molecule has 1 aliphatic rings. The largest absolute Gasteiger partial charge is 0.460 e. The summed E-state index contributed by atoms with van der Waals surface area (Å²) in [6.45, 7) is 5.94. The van der Waals surface area contributed by atoms with Gasteiger partial charge in [0.15, 0.2) is 0 Å². The van der Waals surface area contributed by atoms with E-state index in [-0.39, 0.29) is 18.3 Å². The summed E-state index contributed by atoms with van der Waals surface area (Å²) in [5.74, 6) is 1.14. The summed E-state index contributed by atoms with van der Waals surface area (Å²) < 4.78 is 6.04. The predicted octanol–water partition coefficient (Wildman–Crippen LogP) is 3.97. The van der Waals surface area contributed by atoms with Gasteiger partial charge in [0.2, 0.25) is 5.91 Å². The summed E-state index contributed by atoms with van der Waals surface area (Å²) in [5, 5.41) is 1.11. The van der Waals surface area contributed by atoms with Crippen LogP contribution in [0.3, 0.4) is 0 Å². The van der Waals surface area contributed by atoms with E-state index in [1.807, 2.05) is 23.2 Å². The molecule has 0 spiro atoms. The Morgan fingerprint density at radius 1 is 1.11 bits per heavy atom. The number of pyridine rings is 1. The number of benzene rings is 1. The van der Waals surface area contributed by atoms with E-state index in [0.29, 0.717) is 0 Å².